The van der Waals surface area contributed by atoms with Crippen LogP contribution in [0.2, 0.25) is 0 Å². The van der Waals surface area contributed by atoms with Crippen LogP contribution in [-0.4, -0.2) is 58.6 Å². The van der Waals surface area contributed by atoms with Gasteiger partial charge in [-0.15, -0.1) is 0 Å². The third-order valence-corrected chi connectivity index (χ3v) is 8.30. The second kappa shape index (κ2) is 9.44. The van der Waals surface area contributed by atoms with Crippen molar-refractivity contribution in [1.82, 2.24) is 10.2 Å². The Morgan fingerprint density at radius 3 is 2.27 bits per heavy atom. The number of rotatable bonds is 8. The van der Waals surface area contributed by atoms with Crippen molar-refractivity contribution >= 4 is 21.6 Å². The molecule has 0 aromatic heterocycles. The average molecular weight is 472 g/mol. The Labute approximate surface area is 196 Å². The fraction of sp³-hybridized carbons (Fsp3) is 0.480. The normalized spacial score (nSPS) is 18.0. The van der Waals surface area contributed by atoms with Gasteiger partial charge in [0.2, 0.25) is 5.91 Å². The Balaban J connectivity index is 1.39. The molecule has 33 heavy (non-hydrogen) atoms. The van der Waals surface area contributed by atoms with E-state index in [0.29, 0.717) is 17.8 Å². The van der Waals surface area contributed by atoms with Gasteiger partial charge in [0.15, 0.2) is 0 Å². The predicted molar refractivity (Wildman–Crippen MR) is 129 cm³/mol. The first kappa shape index (κ1) is 23.7. The number of hydrogen-bond acceptors (Lipinski definition) is 5. The van der Waals surface area contributed by atoms with Crippen molar-refractivity contribution in [3.63, 3.8) is 0 Å². The lowest BCUT2D eigenvalue weighted by molar-refractivity contribution is -0.123. The zero-order valence-electron chi connectivity index (χ0n) is 19.6. The molecule has 7 nitrogen and oxygen atoms in total. The number of sulfonamides is 1. The molecule has 0 atom stereocenters. The number of hydrogen-bond donors (Lipinski definition) is 2. The van der Waals surface area contributed by atoms with E-state index in [0.717, 1.165) is 62.4 Å². The quantitative estimate of drug-likeness (QED) is 0.618. The Morgan fingerprint density at radius 2 is 1.64 bits per heavy atom. The molecule has 0 unspecified atom stereocenters. The molecule has 0 spiro atoms. The Bertz CT molecular complexity index is 1120. The molecule has 1 amide bonds. The van der Waals surface area contributed by atoms with Gasteiger partial charge in [-0.25, -0.2) is 8.42 Å². The first-order valence-electron chi connectivity index (χ1n) is 11.5. The minimum Gasteiger partial charge on any atom is -0.379 e. The molecule has 2 aromatic carbocycles. The summed E-state index contributed by atoms with van der Waals surface area (Å²) in [6.07, 6.45) is 1.62. The van der Waals surface area contributed by atoms with Crippen molar-refractivity contribution in [2.75, 3.05) is 44.1 Å². The number of anilines is 1. The van der Waals surface area contributed by atoms with Crippen LogP contribution in [0.1, 0.15) is 35.1 Å². The van der Waals surface area contributed by atoms with Gasteiger partial charge in [-0.05, 0) is 74.1 Å². The number of carbonyl (C=O) groups excluding carboxylic acids is 1. The lowest BCUT2D eigenvalue weighted by Gasteiger charge is -2.27. The van der Waals surface area contributed by atoms with Gasteiger partial charge in [-0.3, -0.25) is 14.4 Å². The van der Waals surface area contributed by atoms with Gasteiger partial charge in [0.1, 0.15) is 0 Å². The second-order valence-corrected chi connectivity index (χ2v) is 10.8. The second-order valence-electron chi connectivity index (χ2n) is 9.18. The highest BCUT2D eigenvalue weighted by molar-refractivity contribution is 7.92. The molecule has 0 bridgehead atoms. The lowest BCUT2D eigenvalue weighted by Crippen LogP contribution is -2.43. The lowest BCUT2D eigenvalue weighted by atomic mass is 9.95. The molecule has 2 N–H and O–H groups in total. The number of amides is 1. The minimum atomic E-state index is -3.70. The molecule has 2 fully saturated rings. The van der Waals surface area contributed by atoms with Crippen LogP contribution in [0.4, 0.5) is 5.69 Å². The maximum Gasteiger partial charge on any atom is 0.262 e. The summed E-state index contributed by atoms with van der Waals surface area (Å²) in [5.74, 6) is 0.0508. The van der Waals surface area contributed by atoms with Gasteiger partial charge in [-0.2, -0.15) is 0 Å². The third-order valence-electron chi connectivity index (χ3n) is 6.77. The van der Waals surface area contributed by atoms with Crippen molar-refractivity contribution in [3.8, 4) is 0 Å². The Hall–Kier alpha value is -2.42. The van der Waals surface area contributed by atoms with E-state index in [1.807, 2.05) is 32.0 Å². The Morgan fingerprint density at radius 1 is 1.00 bits per heavy atom. The number of carbonyl (C=O) groups is 1. The van der Waals surface area contributed by atoms with E-state index >= 15 is 0 Å². The molecule has 2 aromatic rings. The topological polar surface area (TPSA) is 87.7 Å². The van der Waals surface area contributed by atoms with E-state index in [1.54, 1.807) is 25.1 Å². The van der Waals surface area contributed by atoms with E-state index < -0.39 is 15.4 Å². The van der Waals surface area contributed by atoms with E-state index in [2.05, 4.69) is 14.9 Å². The highest BCUT2D eigenvalue weighted by atomic mass is 32.2. The van der Waals surface area contributed by atoms with Gasteiger partial charge in [0.25, 0.3) is 10.0 Å². The summed E-state index contributed by atoms with van der Waals surface area (Å²) in [6.45, 7) is 10.4. The smallest absolute Gasteiger partial charge is 0.262 e. The predicted octanol–water partition coefficient (Wildman–Crippen LogP) is 2.89. The van der Waals surface area contributed by atoms with E-state index in [1.165, 1.54) is 0 Å². The minimum absolute atomic E-state index is 0.0508. The van der Waals surface area contributed by atoms with Crippen LogP contribution in [0.15, 0.2) is 41.3 Å². The summed E-state index contributed by atoms with van der Waals surface area (Å²) in [7, 11) is -3.70. The van der Waals surface area contributed by atoms with Gasteiger partial charge in [0, 0.05) is 31.9 Å². The van der Waals surface area contributed by atoms with E-state index in [4.69, 9.17) is 4.74 Å². The fourth-order valence-corrected chi connectivity index (χ4v) is 5.76. The standard InChI is InChI=1S/C25H33N3O4S/c1-18-16-20(3)23(17-19(18)2)33(30,31)27-22-6-4-21(5-7-22)25(8-9-25)24(29)26-10-11-28-12-14-32-15-13-28/h4-7,16-17,27H,8-15H2,1-3H3,(H,26,29). The average Bonchev–Trinajstić information content (AvgIpc) is 3.59. The SMILES string of the molecule is Cc1cc(C)c(S(=O)(=O)Nc2ccc(C3(C(=O)NCCN4CCOCC4)CC3)cc2)cc1C. The molecular formula is C25H33N3O4S. The molecule has 1 saturated heterocycles. The molecule has 8 heteroatoms. The summed E-state index contributed by atoms with van der Waals surface area (Å²) in [4.78, 5) is 15.5. The monoisotopic (exact) mass is 471 g/mol. The van der Waals surface area contributed by atoms with Crippen LogP contribution in [-0.2, 0) is 25.0 Å². The number of benzene rings is 2. The Kier molecular flexibility index (Phi) is 6.79. The molecule has 0 radical (unpaired) electrons. The molecule has 1 aliphatic carbocycles. The van der Waals surface area contributed by atoms with Crippen LogP contribution in [0, 0.1) is 20.8 Å². The summed E-state index contributed by atoms with van der Waals surface area (Å²) < 4.78 is 33.9. The van der Waals surface area contributed by atoms with Crippen molar-refractivity contribution in [2.45, 2.75) is 43.9 Å². The van der Waals surface area contributed by atoms with Crippen molar-refractivity contribution in [2.24, 2.45) is 0 Å². The van der Waals surface area contributed by atoms with Crippen LogP contribution in [0.25, 0.3) is 0 Å². The summed E-state index contributed by atoms with van der Waals surface area (Å²) in [5.41, 5.74) is 3.64. The molecule has 178 valence electrons. The number of ether oxygens (including phenoxy) is 1. The third kappa shape index (κ3) is 5.23. The van der Waals surface area contributed by atoms with Crippen LogP contribution in [0.3, 0.4) is 0 Å². The van der Waals surface area contributed by atoms with Crippen LogP contribution >= 0.6 is 0 Å². The van der Waals surface area contributed by atoms with E-state index in [9.17, 15) is 13.2 Å². The first-order valence-corrected chi connectivity index (χ1v) is 13.0. The highest BCUT2D eigenvalue weighted by Gasteiger charge is 2.51. The van der Waals surface area contributed by atoms with Gasteiger partial charge in [0.05, 0.1) is 23.5 Å². The highest BCUT2D eigenvalue weighted by Crippen LogP contribution is 2.48. The first-order chi connectivity index (χ1) is 15.7. The van der Waals surface area contributed by atoms with Crippen molar-refractivity contribution in [1.29, 1.82) is 0 Å². The van der Waals surface area contributed by atoms with Gasteiger partial charge in [-0.1, -0.05) is 18.2 Å². The van der Waals surface area contributed by atoms with Gasteiger partial charge < -0.3 is 10.1 Å². The maximum absolute atomic E-state index is 13.0. The summed E-state index contributed by atoms with van der Waals surface area (Å²) >= 11 is 0. The summed E-state index contributed by atoms with van der Waals surface area (Å²) in [5, 5.41) is 3.09. The molecular weight excluding hydrogens is 438 g/mol. The van der Waals surface area contributed by atoms with Crippen LogP contribution in [0.5, 0.6) is 0 Å². The van der Waals surface area contributed by atoms with Gasteiger partial charge >= 0.3 is 0 Å². The van der Waals surface area contributed by atoms with Crippen molar-refractivity contribution in [3.05, 3.63) is 58.7 Å². The van der Waals surface area contributed by atoms with Crippen molar-refractivity contribution < 1.29 is 17.9 Å². The number of nitrogens with one attached hydrogen (secondary N) is 2. The molecule has 1 aliphatic heterocycles. The number of nitrogens with zero attached hydrogens (tertiary/aromatic N) is 1. The largest absolute Gasteiger partial charge is 0.379 e. The zero-order valence-corrected chi connectivity index (χ0v) is 20.4. The number of aryl methyl sites for hydroxylation is 3. The molecule has 1 saturated carbocycles. The zero-order chi connectivity index (χ0) is 23.6. The molecule has 2 aliphatic rings. The van der Waals surface area contributed by atoms with E-state index in [-0.39, 0.29) is 10.8 Å². The fourth-order valence-electron chi connectivity index (χ4n) is 4.38. The molecule has 1 heterocycles. The van der Waals surface area contributed by atoms with Crippen LogP contribution < -0.4 is 10.0 Å². The molecule has 4 rings (SSSR count). The maximum atomic E-state index is 13.0. The number of morpholine rings is 1. The summed E-state index contributed by atoms with van der Waals surface area (Å²) in [6, 6.07) is 10.8.